The van der Waals surface area contributed by atoms with Crippen molar-refractivity contribution in [3.63, 3.8) is 0 Å². The fourth-order valence-electron chi connectivity index (χ4n) is 2.06. The molecule has 2 rings (SSSR count). The van der Waals surface area contributed by atoms with Gasteiger partial charge < -0.3 is 10.2 Å². The second-order valence-electron chi connectivity index (χ2n) is 4.38. The zero-order valence-corrected chi connectivity index (χ0v) is 11.7. The van der Waals surface area contributed by atoms with Gasteiger partial charge in [0.1, 0.15) is 0 Å². The molecule has 0 aromatic carbocycles. The van der Waals surface area contributed by atoms with E-state index in [0.29, 0.717) is 5.56 Å². The van der Waals surface area contributed by atoms with E-state index in [1.165, 1.54) is 0 Å². The van der Waals surface area contributed by atoms with Gasteiger partial charge in [-0.2, -0.15) is 11.8 Å². The van der Waals surface area contributed by atoms with Crippen LogP contribution in [0.5, 0.6) is 0 Å². The molecular formula is C13H19N3OS. The monoisotopic (exact) mass is 265 g/mol. The number of aryl methyl sites for hydroxylation is 1. The van der Waals surface area contributed by atoms with Crippen molar-refractivity contribution in [2.24, 2.45) is 0 Å². The third-order valence-corrected chi connectivity index (χ3v) is 4.10. The molecule has 0 spiro atoms. The van der Waals surface area contributed by atoms with Gasteiger partial charge in [0, 0.05) is 37.8 Å². The SMILES string of the molecule is CNc1cc(C)ncc1C(=O)N1CCCSCC1. The first-order valence-corrected chi connectivity index (χ1v) is 7.39. The van der Waals surface area contributed by atoms with Gasteiger partial charge in [-0.25, -0.2) is 0 Å². The molecule has 0 radical (unpaired) electrons. The maximum atomic E-state index is 12.5. The lowest BCUT2D eigenvalue weighted by atomic mass is 10.1. The highest BCUT2D eigenvalue weighted by molar-refractivity contribution is 7.99. The summed E-state index contributed by atoms with van der Waals surface area (Å²) in [4.78, 5) is 18.7. The van der Waals surface area contributed by atoms with E-state index < -0.39 is 0 Å². The number of hydrogen-bond donors (Lipinski definition) is 1. The number of hydrogen-bond acceptors (Lipinski definition) is 4. The molecule has 1 fully saturated rings. The minimum atomic E-state index is 0.0920. The van der Waals surface area contributed by atoms with Crippen molar-refractivity contribution < 1.29 is 4.79 Å². The molecule has 2 heterocycles. The zero-order valence-electron chi connectivity index (χ0n) is 10.9. The Kier molecular flexibility index (Phi) is 4.47. The van der Waals surface area contributed by atoms with Crippen molar-refractivity contribution >= 4 is 23.4 Å². The van der Waals surface area contributed by atoms with Gasteiger partial charge in [0.2, 0.25) is 0 Å². The number of nitrogens with zero attached hydrogens (tertiary/aromatic N) is 2. The van der Waals surface area contributed by atoms with Crippen LogP contribution in [0.2, 0.25) is 0 Å². The van der Waals surface area contributed by atoms with Gasteiger partial charge in [-0.15, -0.1) is 0 Å². The number of pyridine rings is 1. The van der Waals surface area contributed by atoms with E-state index in [4.69, 9.17) is 0 Å². The van der Waals surface area contributed by atoms with Crippen molar-refractivity contribution in [1.82, 2.24) is 9.88 Å². The Bertz CT molecular complexity index is 428. The number of aromatic nitrogens is 1. The second-order valence-corrected chi connectivity index (χ2v) is 5.60. The molecule has 98 valence electrons. The maximum Gasteiger partial charge on any atom is 0.257 e. The van der Waals surface area contributed by atoms with Crippen LogP contribution in [0.15, 0.2) is 12.3 Å². The molecule has 1 aromatic heterocycles. The van der Waals surface area contributed by atoms with Crippen LogP contribution in [-0.4, -0.2) is 47.4 Å². The maximum absolute atomic E-state index is 12.5. The van der Waals surface area contributed by atoms with Gasteiger partial charge in [-0.05, 0) is 25.2 Å². The molecular weight excluding hydrogens is 246 g/mol. The molecule has 1 amide bonds. The van der Waals surface area contributed by atoms with Crippen LogP contribution in [-0.2, 0) is 0 Å². The summed E-state index contributed by atoms with van der Waals surface area (Å²) in [6.45, 7) is 3.61. The molecule has 18 heavy (non-hydrogen) atoms. The molecule has 0 aliphatic carbocycles. The summed E-state index contributed by atoms with van der Waals surface area (Å²) < 4.78 is 0. The van der Waals surface area contributed by atoms with Crippen LogP contribution in [0, 0.1) is 6.92 Å². The van der Waals surface area contributed by atoms with Crippen LogP contribution < -0.4 is 5.32 Å². The molecule has 1 aliphatic rings. The van der Waals surface area contributed by atoms with E-state index in [1.54, 1.807) is 6.20 Å². The Morgan fingerprint density at radius 2 is 2.28 bits per heavy atom. The lowest BCUT2D eigenvalue weighted by molar-refractivity contribution is 0.0769. The first-order chi connectivity index (χ1) is 8.72. The van der Waals surface area contributed by atoms with E-state index >= 15 is 0 Å². The van der Waals surface area contributed by atoms with Crippen molar-refractivity contribution in [2.45, 2.75) is 13.3 Å². The predicted molar refractivity (Wildman–Crippen MR) is 76.4 cm³/mol. The largest absolute Gasteiger partial charge is 0.387 e. The summed E-state index contributed by atoms with van der Waals surface area (Å²) >= 11 is 1.92. The minimum Gasteiger partial charge on any atom is -0.387 e. The Labute approximate surface area is 112 Å². The molecule has 1 aliphatic heterocycles. The van der Waals surface area contributed by atoms with Gasteiger partial charge in [-0.3, -0.25) is 9.78 Å². The molecule has 1 saturated heterocycles. The minimum absolute atomic E-state index is 0.0920. The standard InChI is InChI=1S/C13H19N3OS/c1-10-8-12(14-2)11(9-15-10)13(17)16-4-3-6-18-7-5-16/h8-9H,3-7H2,1-2H3,(H,14,15). The summed E-state index contributed by atoms with van der Waals surface area (Å²) in [6, 6.07) is 1.92. The molecule has 1 aromatic rings. The van der Waals surface area contributed by atoms with Gasteiger partial charge in [0.25, 0.3) is 5.91 Å². The number of thioether (sulfide) groups is 1. The van der Waals surface area contributed by atoms with Crippen molar-refractivity contribution in [2.75, 3.05) is 37.0 Å². The summed E-state index contributed by atoms with van der Waals surface area (Å²) in [5, 5.41) is 3.08. The highest BCUT2D eigenvalue weighted by Gasteiger charge is 2.20. The third kappa shape index (κ3) is 2.96. The van der Waals surface area contributed by atoms with Gasteiger partial charge >= 0.3 is 0 Å². The lowest BCUT2D eigenvalue weighted by Gasteiger charge is -2.21. The fourth-order valence-corrected chi connectivity index (χ4v) is 2.94. The van der Waals surface area contributed by atoms with E-state index in [0.717, 1.165) is 42.4 Å². The number of nitrogens with one attached hydrogen (secondary N) is 1. The molecule has 0 unspecified atom stereocenters. The number of rotatable bonds is 2. The van der Waals surface area contributed by atoms with Gasteiger partial charge in [0.05, 0.1) is 11.3 Å². The van der Waals surface area contributed by atoms with Crippen LogP contribution >= 0.6 is 11.8 Å². The highest BCUT2D eigenvalue weighted by Crippen LogP contribution is 2.19. The molecule has 0 saturated carbocycles. The third-order valence-electron chi connectivity index (χ3n) is 3.05. The molecule has 1 N–H and O–H groups in total. The second kappa shape index (κ2) is 6.09. The normalized spacial score (nSPS) is 16.2. The van der Waals surface area contributed by atoms with Crippen molar-refractivity contribution in [3.8, 4) is 0 Å². The number of anilines is 1. The molecule has 0 atom stereocenters. The average Bonchev–Trinajstić information content (AvgIpc) is 2.66. The summed E-state index contributed by atoms with van der Waals surface area (Å²) in [5.74, 6) is 2.27. The van der Waals surface area contributed by atoms with Gasteiger partial charge in [-0.1, -0.05) is 0 Å². The quantitative estimate of drug-likeness (QED) is 0.888. The number of carbonyl (C=O) groups excluding carboxylic acids is 1. The van der Waals surface area contributed by atoms with E-state index in [2.05, 4.69) is 10.3 Å². The zero-order chi connectivity index (χ0) is 13.0. The molecule has 4 nitrogen and oxygen atoms in total. The van der Waals surface area contributed by atoms with Crippen molar-refractivity contribution in [1.29, 1.82) is 0 Å². The van der Waals surface area contributed by atoms with E-state index in [9.17, 15) is 4.79 Å². The smallest absolute Gasteiger partial charge is 0.257 e. The highest BCUT2D eigenvalue weighted by atomic mass is 32.2. The van der Waals surface area contributed by atoms with Crippen molar-refractivity contribution in [3.05, 3.63) is 23.5 Å². The Hall–Kier alpha value is -1.23. The number of amides is 1. The first-order valence-electron chi connectivity index (χ1n) is 6.24. The van der Waals surface area contributed by atoms with Crippen LogP contribution in [0.4, 0.5) is 5.69 Å². The molecule has 0 bridgehead atoms. The summed E-state index contributed by atoms with van der Waals surface area (Å²) in [6.07, 6.45) is 2.76. The van der Waals surface area contributed by atoms with E-state index in [-0.39, 0.29) is 5.91 Å². The first kappa shape index (κ1) is 13.2. The Balaban J connectivity index is 2.21. The average molecular weight is 265 g/mol. The van der Waals surface area contributed by atoms with Gasteiger partial charge in [0.15, 0.2) is 0 Å². The Morgan fingerprint density at radius 1 is 1.44 bits per heavy atom. The number of carbonyl (C=O) groups is 1. The van der Waals surface area contributed by atoms with Crippen LogP contribution in [0.3, 0.4) is 0 Å². The Morgan fingerprint density at radius 3 is 3.06 bits per heavy atom. The van der Waals surface area contributed by atoms with Crippen LogP contribution in [0.1, 0.15) is 22.5 Å². The summed E-state index contributed by atoms with van der Waals surface area (Å²) in [7, 11) is 1.84. The molecule has 5 heteroatoms. The summed E-state index contributed by atoms with van der Waals surface area (Å²) in [5.41, 5.74) is 2.46. The fraction of sp³-hybridized carbons (Fsp3) is 0.538. The topological polar surface area (TPSA) is 45.2 Å². The lowest BCUT2D eigenvalue weighted by Crippen LogP contribution is -2.33. The van der Waals surface area contributed by atoms with E-state index in [1.807, 2.05) is 36.7 Å². The van der Waals surface area contributed by atoms with Crippen LogP contribution in [0.25, 0.3) is 0 Å². The predicted octanol–water partition coefficient (Wildman–Crippen LogP) is 2.01.